The van der Waals surface area contributed by atoms with Crippen molar-refractivity contribution in [3.63, 3.8) is 0 Å². The molecule has 2 aromatic rings. The second kappa shape index (κ2) is 6.27. The molecule has 0 amide bonds. The molecule has 5 rings (SSSR count). The maximum absolute atomic E-state index is 14.1. The monoisotopic (exact) mass is 368 g/mol. The van der Waals surface area contributed by atoms with Gasteiger partial charge in [-0.1, -0.05) is 0 Å². The van der Waals surface area contributed by atoms with E-state index in [0.717, 1.165) is 48.9 Å². The molecule has 0 N–H and O–H groups in total. The average molecular weight is 368 g/mol. The molecule has 0 saturated carbocycles. The Morgan fingerprint density at radius 2 is 2.11 bits per heavy atom. The van der Waals surface area contributed by atoms with Crippen LogP contribution in [0, 0.1) is 11.7 Å². The molecule has 2 atom stereocenters. The number of piperidine rings is 1. The molecular weight excluding hydrogens is 347 g/mol. The lowest BCUT2D eigenvalue weighted by atomic mass is 9.98. The van der Waals surface area contributed by atoms with Gasteiger partial charge in [-0.05, 0) is 26.3 Å². The first-order valence-electron chi connectivity index (χ1n) is 9.35. The Bertz CT molecular complexity index is 918. The van der Waals surface area contributed by atoms with Gasteiger partial charge in [0.2, 0.25) is 0 Å². The van der Waals surface area contributed by atoms with Gasteiger partial charge in [0.1, 0.15) is 12.1 Å². The Balaban J connectivity index is 1.42. The van der Waals surface area contributed by atoms with Gasteiger partial charge in [0, 0.05) is 36.7 Å². The molecule has 0 aliphatic carbocycles. The first kappa shape index (κ1) is 16.6. The predicted octanol–water partition coefficient (Wildman–Crippen LogP) is 3.11. The number of benzene rings is 1. The van der Waals surface area contributed by atoms with Crippen molar-refractivity contribution in [2.75, 3.05) is 24.6 Å². The summed E-state index contributed by atoms with van der Waals surface area (Å²) in [6.45, 7) is 6.39. The van der Waals surface area contributed by atoms with Crippen molar-refractivity contribution in [1.29, 1.82) is 0 Å². The number of halogens is 1. The smallest absolute Gasteiger partial charge is 0.167 e. The van der Waals surface area contributed by atoms with Crippen LogP contribution in [0.15, 0.2) is 29.5 Å². The van der Waals surface area contributed by atoms with Crippen LogP contribution in [-0.2, 0) is 4.74 Å². The molecule has 2 fully saturated rings. The standard InChI is InChI=1S/C20H21FN4O2/c1-11(2)27-18-4-14-16(5-15(18)21)24-20(14)17-6-19(23-10-22-17)25-7-12-3-13(8-25)26-9-12/h4-6,10-13H,3,7-9H2,1-2H3. The highest BCUT2D eigenvalue weighted by Crippen LogP contribution is 2.38. The van der Waals surface area contributed by atoms with Gasteiger partial charge in [-0.2, -0.15) is 0 Å². The van der Waals surface area contributed by atoms with Crippen LogP contribution in [-0.4, -0.2) is 47.6 Å². The van der Waals surface area contributed by atoms with Crippen molar-refractivity contribution in [2.24, 2.45) is 10.9 Å². The summed E-state index contributed by atoms with van der Waals surface area (Å²) in [5.74, 6) is 1.31. The zero-order chi connectivity index (χ0) is 18.5. The van der Waals surface area contributed by atoms with E-state index in [2.05, 4.69) is 19.9 Å². The minimum Gasteiger partial charge on any atom is -0.488 e. The lowest BCUT2D eigenvalue weighted by Crippen LogP contribution is -2.39. The van der Waals surface area contributed by atoms with Crippen LogP contribution in [0.2, 0.25) is 0 Å². The third-order valence-corrected chi connectivity index (χ3v) is 5.19. The highest BCUT2D eigenvalue weighted by molar-refractivity contribution is 6.21. The van der Waals surface area contributed by atoms with Gasteiger partial charge in [0.25, 0.3) is 0 Å². The van der Waals surface area contributed by atoms with E-state index in [1.807, 2.05) is 19.9 Å². The van der Waals surface area contributed by atoms with E-state index >= 15 is 0 Å². The Labute approximate surface area is 157 Å². The molecule has 1 aromatic carbocycles. The summed E-state index contributed by atoms with van der Waals surface area (Å²) in [6.07, 6.45) is 2.90. The molecule has 2 unspecified atom stereocenters. The Morgan fingerprint density at radius 1 is 1.22 bits per heavy atom. The summed E-state index contributed by atoms with van der Waals surface area (Å²) in [7, 11) is 0. The number of rotatable bonds is 4. The van der Waals surface area contributed by atoms with Crippen molar-refractivity contribution in [3.8, 4) is 5.75 Å². The van der Waals surface area contributed by atoms with Gasteiger partial charge in [-0.3, -0.25) is 0 Å². The second-order valence-corrected chi connectivity index (χ2v) is 7.65. The molecule has 4 heterocycles. The topological polar surface area (TPSA) is 59.8 Å². The van der Waals surface area contributed by atoms with Crippen LogP contribution in [0.4, 0.5) is 15.9 Å². The fourth-order valence-electron chi connectivity index (χ4n) is 4.00. The number of nitrogens with zero attached hydrogens (tertiary/aromatic N) is 4. The van der Waals surface area contributed by atoms with Crippen LogP contribution in [0.1, 0.15) is 31.5 Å². The molecule has 7 heteroatoms. The van der Waals surface area contributed by atoms with E-state index < -0.39 is 5.82 Å². The third kappa shape index (κ3) is 2.96. The number of ether oxygens (including phenoxy) is 2. The quantitative estimate of drug-likeness (QED) is 0.708. The van der Waals surface area contributed by atoms with E-state index in [9.17, 15) is 4.39 Å². The van der Waals surface area contributed by atoms with E-state index in [4.69, 9.17) is 9.47 Å². The molecule has 0 spiro atoms. The van der Waals surface area contributed by atoms with Crippen LogP contribution in [0.3, 0.4) is 0 Å². The normalized spacial score (nSPS) is 23.1. The second-order valence-electron chi connectivity index (χ2n) is 7.65. The first-order chi connectivity index (χ1) is 13.1. The summed E-state index contributed by atoms with van der Waals surface area (Å²) >= 11 is 0. The van der Waals surface area contributed by atoms with Gasteiger partial charge in [0.05, 0.1) is 35.9 Å². The number of hydrogen-bond acceptors (Lipinski definition) is 6. The molecule has 3 aliphatic rings. The van der Waals surface area contributed by atoms with Crippen molar-refractivity contribution >= 4 is 17.2 Å². The van der Waals surface area contributed by atoms with Crippen molar-refractivity contribution < 1.29 is 13.9 Å². The summed E-state index contributed by atoms with van der Waals surface area (Å²) in [5.41, 5.74) is 2.98. The minimum atomic E-state index is -0.391. The van der Waals surface area contributed by atoms with E-state index in [1.165, 1.54) is 6.07 Å². The fraction of sp³-hybridized carbons (Fsp3) is 0.450. The molecule has 6 nitrogen and oxygen atoms in total. The molecule has 27 heavy (non-hydrogen) atoms. The van der Waals surface area contributed by atoms with Gasteiger partial charge >= 0.3 is 0 Å². The predicted molar refractivity (Wildman–Crippen MR) is 99.6 cm³/mol. The fourth-order valence-corrected chi connectivity index (χ4v) is 4.00. The molecule has 2 saturated heterocycles. The van der Waals surface area contributed by atoms with Gasteiger partial charge in [0.15, 0.2) is 11.6 Å². The zero-order valence-electron chi connectivity index (χ0n) is 15.4. The Morgan fingerprint density at radius 3 is 2.93 bits per heavy atom. The summed E-state index contributed by atoms with van der Waals surface area (Å²) in [4.78, 5) is 15.5. The number of hydrogen-bond donors (Lipinski definition) is 0. The maximum atomic E-state index is 14.1. The molecule has 3 aliphatic heterocycles. The minimum absolute atomic E-state index is 0.0969. The highest BCUT2D eigenvalue weighted by atomic mass is 19.1. The Kier molecular flexibility index (Phi) is 3.86. The highest BCUT2D eigenvalue weighted by Gasteiger charge is 2.34. The largest absolute Gasteiger partial charge is 0.488 e. The molecular formula is C20H21FN4O2. The number of anilines is 1. The Hall–Kier alpha value is -2.54. The van der Waals surface area contributed by atoms with Crippen molar-refractivity contribution in [3.05, 3.63) is 41.6 Å². The van der Waals surface area contributed by atoms with Crippen molar-refractivity contribution in [2.45, 2.75) is 32.5 Å². The summed E-state index contributed by atoms with van der Waals surface area (Å²) < 4.78 is 25.4. The van der Waals surface area contributed by atoms with Gasteiger partial charge < -0.3 is 14.4 Å². The van der Waals surface area contributed by atoms with E-state index in [0.29, 0.717) is 17.7 Å². The molecule has 2 bridgehead atoms. The van der Waals surface area contributed by atoms with E-state index in [-0.39, 0.29) is 11.9 Å². The summed E-state index contributed by atoms with van der Waals surface area (Å²) in [6, 6.07) is 5.08. The zero-order valence-corrected chi connectivity index (χ0v) is 15.4. The maximum Gasteiger partial charge on any atom is 0.167 e. The lowest BCUT2D eigenvalue weighted by molar-refractivity contribution is 0.119. The number of fused-ring (bicyclic) bond motifs is 3. The van der Waals surface area contributed by atoms with E-state index in [1.54, 1.807) is 12.4 Å². The number of aliphatic imine (C=N–C) groups is 1. The number of aromatic nitrogens is 2. The van der Waals surface area contributed by atoms with Crippen LogP contribution in [0.25, 0.3) is 0 Å². The first-order valence-corrected chi connectivity index (χ1v) is 9.35. The summed E-state index contributed by atoms with van der Waals surface area (Å²) in [5, 5.41) is 0. The SMILES string of the molecule is CC(C)Oc1cc2c(cc1F)N=C2c1cc(N2CC3COC(C3)C2)ncn1. The third-order valence-electron chi connectivity index (χ3n) is 5.19. The molecule has 1 aromatic heterocycles. The molecule has 140 valence electrons. The van der Waals surface area contributed by atoms with Gasteiger partial charge in [-0.15, -0.1) is 0 Å². The molecule has 0 radical (unpaired) electrons. The van der Waals surface area contributed by atoms with Crippen molar-refractivity contribution in [1.82, 2.24) is 9.97 Å². The lowest BCUT2D eigenvalue weighted by Gasteiger charge is -2.31. The average Bonchev–Trinajstić information content (AvgIpc) is 2.98. The van der Waals surface area contributed by atoms with Gasteiger partial charge in [-0.25, -0.2) is 19.4 Å². The van der Waals surface area contributed by atoms with Crippen LogP contribution < -0.4 is 9.64 Å². The van der Waals surface area contributed by atoms with Crippen LogP contribution >= 0.6 is 0 Å². The van der Waals surface area contributed by atoms with Crippen LogP contribution in [0.5, 0.6) is 5.75 Å².